The topological polar surface area (TPSA) is 75.4 Å². The second kappa shape index (κ2) is 8.52. The molecule has 0 saturated heterocycles. The zero-order valence-corrected chi connectivity index (χ0v) is 16.2. The van der Waals surface area contributed by atoms with Crippen LogP contribution in [0.4, 0.5) is 5.69 Å². The summed E-state index contributed by atoms with van der Waals surface area (Å²) < 4.78 is 5.24. The van der Waals surface area contributed by atoms with Gasteiger partial charge in [-0.05, 0) is 25.5 Å². The summed E-state index contributed by atoms with van der Waals surface area (Å²) in [5.74, 6) is -0.268. The summed E-state index contributed by atoms with van der Waals surface area (Å²) in [4.78, 5) is 26.0. The fourth-order valence-corrected chi connectivity index (χ4v) is 2.86. The quantitative estimate of drug-likeness (QED) is 0.696. The van der Waals surface area contributed by atoms with Crippen molar-refractivity contribution >= 4 is 17.5 Å². The lowest BCUT2D eigenvalue weighted by Gasteiger charge is -2.20. The van der Waals surface area contributed by atoms with Crippen LogP contribution in [0.5, 0.6) is 0 Å². The second-order valence-electron chi connectivity index (χ2n) is 6.59. The van der Waals surface area contributed by atoms with E-state index >= 15 is 0 Å². The highest BCUT2D eigenvalue weighted by atomic mass is 16.5. The van der Waals surface area contributed by atoms with Gasteiger partial charge in [0.2, 0.25) is 11.7 Å². The van der Waals surface area contributed by atoms with Crippen molar-refractivity contribution in [3.8, 4) is 11.3 Å². The van der Waals surface area contributed by atoms with Crippen molar-refractivity contribution in [1.29, 1.82) is 0 Å². The highest BCUT2D eigenvalue weighted by Crippen LogP contribution is 2.22. The Morgan fingerprint density at radius 1 is 1.11 bits per heavy atom. The van der Waals surface area contributed by atoms with Crippen molar-refractivity contribution in [2.24, 2.45) is 0 Å². The minimum atomic E-state index is -0.385. The maximum Gasteiger partial charge on any atom is 0.294 e. The second-order valence-corrected chi connectivity index (χ2v) is 6.59. The van der Waals surface area contributed by atoms with E-state index in [0.717, 1.165) is 16.7 Å². The van der Waals surface area contributed by atoms with Gasteiger partial charge in [-0.1, -0.05) is 53.2 Å². The number of aromatic nitrogens is 1. The van der Waals surface area contributed by atoms with Crippen LogP contribution in [0.25, 0.3) is 11.3 Å². The van der Waals surface area contributed by atoms with E-state index in [4.69, 9.17) is 4.52 Å². The zero-order chi connectivity index (χ0) is 20.1. The Kier molecular flexibility index (Phi) is 5.89. The van der Waals surface area contributed by atoms with Crippen LogP contribution in [0, 0.1) is 6.92 Å². The summed E-state index contributed by atoms with van der Waals surface area (Å²) in [6, 6.07) is 16.9. The van der Waals surface area contributed by atoms with Crippen LogP contribution < -0.4 is 5.32 Å². The Hall–Kier alpha value is -3.41. The molecule has 6 heteroatoms. The normalized spacial score (nSPS) is 10.5. The van der Waals surface area contributed by atoms with Gasteiger partial charge in [-0.3, -0.25) is 9.59 Å². The molecule has 2 aromatic carbocycles. The molecule has 0 spiro atoms. The largest absolute Gasteiger partial charge is 0.350 e. The highest BCUT2D eigenvalue weighted by molar-refractivity contribution is 6.03. The Morgan fingerprint density at radius 2 is 1.82 bits per heavy atom. The number of para-hydroxylation sites is 1. The number of carbonyl (C=O) groups excluding carboxylic acids is 2. The molecule has 3 aromatic rings. The van der Waals surface area contributed by atoms with E-state index in [1.165, 1.54) is 6.92 Å². The van der Waals surface area contributed by atoms with Crippen LogP contribution in [0.15, 0.2) is 59.1 Å². The number of amides is 2. The van der Waals surface area contributed by atoms with E-state index in [1.54, 1.807) is 17.0 Å². The third-order valence-corrected chi connectivity index (χ3v) is 4.54. The Labute approximate surface area is 164 Å². The number of anilines is 1. The fourth-order valence-electron chi connectivity index (χ4n) is 2.86. The first-order chi connectivity index (χ1) is 13.5. The van der Waals surface area contributed by atoms with E-state index in [9.17, 15) is 9.59 Å². The number of carbonyl (C=O) groups is 2. The standard InChI is InChI=1S/C22H23N3O3/c1-4-25(16(3)26)14-18-7-5-6-8-19(18)23-22(27)21-13-20(24-28-21)17-11-9-15(2)10-12-17/h5-13H,4,14H2,1-3H3,(H,23,27). The fraction of sp³-hybridized carbons (Fsp3) is 0.227. The smallest absolute Gasteiger partial charge is 0.294 e. The van der Waals surface area contributed by atoms with Gasteiger partial charge in [-0.2, -0.15) is 0 Å². The molecule has 1 N–H and O–H groups in total. The molecule has 0 aliphatic carbocycles. The minimum absolute atomic E-state index is 0.0124. The van der Waals surface area contributed by atoms with Gasteiger partial charge in [0.05, 0.1) is 0 Å². The molecule has 1 heterocycles. The lowest BCUT2D eigenvalue weighted by atomic mass is 10.1. The van der Waals surface area contributed by atoms with Crippen LogP contribution in [-0.4, -0.2) is 28.4 Å². The van der Waals surface area contributed by atoms with E-state index < -0.39 is 0 Å². The predicted octanol–water partition coefficient (Wildman–Crippen LogP) is 4.27. The van der Waals surface area contributed by atoms with Gasteiger partial charge < -0.3 is 14.7 Å². The van der Waals surface area contributed by atoms with Gasteiger partial charge in [0.1, 0.15) is 5.69 Å². The van der Waals surface area contributed by atoms with Crippen LogP contribution in [0.3, 0.4) is 0 Å². The molecule has 28 heavy (non-hydrogen) atoms. The van der Waals surface area contributed by atoms with Crippen molar-refractivity contribution in [2.45, 2.75) is 27.3 Å². The van der Waals surface area contributed by atoms with Crippen LogP contribution in [-0.2, 0) is 11.3 Å². The van der Waals surface area contributed by atoms with Crippen molar-refractivity contribution in [1.82, 2.24) is 10.1 Å². The molecule has 0 radical (unpaired) electrons. The van der Waals surface area contributed by atoms with Gasteiger partial charge in [0, 0.05) is 37.3 Å². The van der Waals surface area contributed by atoms with Crippen molar-refractivity contribution in [2.75, 3.05) is 11.9 Å². The summed E-state index contributed by atoms with van der Waals surface area (Å²) >= 11 is 0. The van der Waals surface area contributed by atoms with Crippen molar-refractivity contribution in [3.63, 3.8) is 0 Å². The lowest BCUT2D eigenvalue weighted by Crippen LogP contribution is -2.28. The molecular weight excluding hydrogens is 354 g/mol. The highest BCUT2D eigenvalue weighted by Gasteiger charge is 2.17. The van der Waals surface area contributed by atoms with Gasteiger partial charge >= 0.3 is 0 Å². The molecule has 0 atom stereocenters. The van der Waals surface area contributed by atoms with Crippen molar-refractivity contribution in [3.05, 3.63) is 71.5 Å². The molecule has 0 saturated carbocycles. The zero-order valence-electron chi connectivity index (χ0n) is 16.2. The number of hydrogen-bond donors (Lipinski definition) is 1. The Bertz CT molecular complexity index is 977. The number of benzene rings is 2. The lowest BCUT2D eigenvalue weighted by molar-refractivity contribution is -0.129. The summed E-state index contributed by atoms with van der Waals surface area (Å²) in [6.07, 6.45) is 0. The van der Waals surface area contributed by atoms with Gasteiger partial charge in [-0.25, -0.2) is 0 Å². The SMILES string of the molecule is CCN(Cc1ccccc1NC(=O)c1cc(-c2ccc(C)cc2)no1)C(C)=O. The molecule has 0 unspecified atom stereocenters. The molecule has 2 amide bonds. The Balaban J connectivity index is 1.77. The van der Waals surface area contributed by atoms with Crippen LogP contribution >= 0.6 is 0 Å². The molecule has 6 nitrogen and oxygen atoms in total. The van der Waals surface area contributed by atoms with Crippen LogP contribution in [0.2, 0.25) is 0 Å². The monoisotopic (exact) mass is 377 g/mol. The van der Waals surface area contributed by atoms with E-state index in [1.807, 2.05) is 56.3 Å². The number of hydrogen-bond acceptors (Lipinski definition) is 4. The molecule has 3 rings (SSSR count). The molecule has 0 fully saturated rings. The Morgan fingerprint density at radius 3 is 2.50 bits per heavy atom. The van der Waals surface area contributed by atoms with Gasteiger partial charge in [-0.15, -0.1) is 0 Å². The van der Waals surface area contributed by atoms with Gasteiger partial charge in [0.15, 0.2) is 0 Å². The number of aryl methyl sites for hydroxylation is 1. The van der Waals surface area contributed by atoms with Crippen molar-refractivity contribution < 1.29 is 14.1 Å². The third kappa shape index (κ3) is 4.46. The molecule has 0 aliphatic rings. The maximum absolute atomic E-state index is 12.6. The van der Waals surface area contributed by atoms with E-state index in [0.29, 0.717) is 24.5 Å². The molecule has 1 aromatic heterocycles. The minimum Gasteiger partial charge on any atom is -0.350 e. The maximum atomic E-state index is 12.6. The molecule has 0 bridgehead atoms. The van der Waals surface area contributed by atoms with E-state index in [2.05, 4.69) is 10.5 Å². The average Bonchev–Trinajstić information content (AvgIpc) is 3.18. The van der Waals surface area contributed by atoms with Crippen LogP contribution in [0.1, 0.15) is 35.5 Å². The molecule has 144 valence electrons. The molecule has 0 aliphatic heterocycles. The first-order valence-electron chi connectivity index (χ1n) is 9.16. The third-order valence-electron chi connectivity index (χ3n) is 4.54. The predicted molar refractivity (Wildman–Crippen MR) is 108 cm³/mol. The first kappa shape index (κ1) is 19.4. The summed E-state index contributed by atoms with van der Waals surface area (Å²) in [5, 5.41) is 6.86. The van der Waals surface area contributed by atoms with E-state index in [-0.39, 0.29) is 17.6 Å². The molecular formula is C22H23N3O3. The number of nitrogens with zero attached hydrogens (tertiary/aromatic N) is 2. The number of nitrogens with one attached hydrogen (secondary N) is 1. The summed E-state index contributed by atoms with van der Waals surface area (Å²) in [6.45, 7) is 6.48. The number of rotatable bonds is 6. The average molecular weight is 377 g/mol. The summed E-state index contributed by atoms with van der Waals surface area (Å²) in [7, 11) is 0. The van der Waals surface area contributed by atoms with Gasteiger partial charge in [0.25, 0.3) is 5.91 Å². The summed E-state index contributed by atoms with van der Waals surface area (Å²) in [5.41, 5.74) is 4.13. The first-order valence-corrected chi connectivity index (χ1v) is 9.16.